The highest BCUT2D eigenvalue weighted by Crippen LogP contribution is 2.27. The van der Waals surface area contributed by atoms with Crippen LogP contribution in [0.1, 0.15) is 20.8 Å². The van der Waals surface area contributed by atoms with Crippen molar-refractivity contribution in [2.75, 3.05) is 0 Å². The lowest BCUT2D eigenvalue weighted by atomic mass is 9.79. The Labute approximate surface area is 120 Å². The van der Waals surface area contributed by atoms with E-state index in [9.17, 15) is 0 Å². The second kappa shape index (κ2) is 5.04. The van der Waals surface area contributed by atoms with Gasteiger partial charge >= 0.3 is 7.12 Å². The molecule has 1 aromatic heterocycles. The zero-order chi connectivity index (χ0) is 14.2. The van der Waals surface area contributed by atoms with Gasteiger partial charge in [-0.3, -0.25) is 4.98 Å². The minimum atomic E-state index is -0.280. The van der Waals surface area contributed by atoms with Crippen molar-refractivity contribution in [2.24, 2.45) is 0 Å². The third kappa shape index (κ3) is 2.49. The van der Waals surface area contributed by atoms with E-state index in [1.165, 1.54) is 0 Å². The summed E-state index contributed by atoms with van der Waals surface area (Å²) in [5.41, 5.74) is 2.87. The lowest BCUT2D eigenvalue weighted by Gasteiger charge is -2.21. The topological polar surface area (TPSA) is 31.4 Å². The number of aromatic nitrogens is 1. The van der Waals surface area contributed by atoms with E-state index < -0.39 is 0 Å². The van der Waals surface area contributed by atoms with Gasteiger partial charge in [0.25, 0.3) is 0 Å². The van der Waals surface area contributed by atoms with Crippen molar-refractivity contribution in [2.45, 2.75) is 32.5 Å². The highest BCUT2D eigenvalue weighted by atomic mass is 16.7. The Morgan fingerprint density at radius 3 is 2.40 bits per heavy atom. The maximum atomic E-state index is 5.95. The Bertz CT molecular complexity index is 583. The lowest BCUT2D eigenvalue weighted by molar-refractivity contribution is 0.0842. The summed E-state index contributed by atoms with van der Waals surface area (Å²) in [7, 11) is -0.280. The highest BCUT2D eigenvalue weighted by molar-refractivity contribution is 6.62. The molecule has 0 bridgehead atoms. The fourth-order valence-corrected chi connectivity index (χ4v) is 2.24. The van der Waals surface area contributed by atoms with Gasteiger partial charge in [-0.2, -0.15) is 0 Å². The third-order valence-electron chi connectivity index (χ3n) is 3.86. The van der Waals surface area contributed by atoms with Crippen molar-refractivity contribution < 1.29 is 9.31 Å². The Kier molecular flexibility index (Phi) is 3.36. The molecule has 1 atom stereocenters. The number of benzene rings is 1. The summed E-state index contributed by atoms with van der Waals surface area (Å²) in [6.45, 7) is 6.15. The molecule has 0 amide bonds. The van der Waals surface area contributed by atoms with E-state index >= 15 is 0 Å². The van der Waals surface area contributed by atoms with Gasteiger partial charge in [-0.05, 0) is 38.4 Å². The average molecular weight is 267 g/mol. The van der Waals surface area contributed by atoms with Crippen molar-refractivity contribution in [1.82, 2.24) is 4.98 Å². The SMILES string of the molecule is CC1OB(c2ccc(-c3ccccn3)cc2)OC1(C)C. The smallest absolute Gasteiger partial charge is 0.402 e. The summed E-state index contributed by atoms with van der Waals surface area (Å²) in [5.74, 6) is 0. The maximum absolute atomic E-state index is 5.95. The molecule has 0 aliphatic carbocycles. The lowest BCUT2D eigenvalue weighted by Crippen LogP contribution is -2.34. The molecule has 1 aliphatic rings. The van der Waals surface area contributed by atoms with Gasteiger partial charge in [-0.1, -0.05) is 30.3 Å². The Morgan fingerprint density at radius 2 is 1.85 bits per heavy atom. The van der Waals surface area contributed by atoms with Gasteiger partial charge in [0.05, 0.1) is 17.4 Å². The molecule has 3 nitrogen and oxygen atoms in total. The van der Waals surface area contributed by atoms with Crippen LogP contribution >= 0.6 is 0 Å². The van der Waals surface area contributed by atoms with Gasteiger partial charge in [0.2, 0.25) is 0 Å². The van der Waals surface area contributed by atoms with Gasteiger partial charge in [0, 0.05) is 11.8 Å². The van der Waals surface area contributed by atoms with Crippen molar-refractivity contribution in [3.63, 3.8) is 0 Å². The molecule has 0 N–H and O–H groups in total. The fourth-order valence-electron chi connectivity index (χ4n) is 2.24. The Hall–Kier alpha value is -1.65. The number of pyridine rings is 1. The standard InChI is InChI=1S/C16H18BNO2/c1-12-16(2,3)20-17(19-12)14-9-7-13(8-10-14)15-6-4-5-11-18-15/h4-12H,1-3H3. The molecule has 1 aliphatic heterocycles. The number of rotatable bonds is 2. The molecule has 3 rings (SSSR count). The van der Waals surface area contributed by atoms with Gasteiger partial charge in [-0.25, -0.2) is 0 Å². The molecule has 1 aromatic carbocycles. The van der Waals surface area contributed by atoms with E-state index in [0.29, 0.717) is 0 Å². The second-order valence-corrected chi connectivity index (χ2v) is 5.67. The molecule has 20 heavy (non-hydrogen) atoms. The summed E-state index contributed by atoms with van der Waals surface area (Å²) in [5, 5.41) is 0. The Balaban J connectivity index is 1.81. The molecule has 2 heterocycles. The number of nitrogens with zero attached hydrogens (tertiary/aromatic N) is 1. The summed E-state index contributed by atoms with van der Waals surface area (Å²) in [4.78, 5) is 4.35. The first-order valence-electron chi connectivity index (χ1n) is 6.91. The van der Waals surface area contributed by atoms with Crippen molar-refractivity contribution >= 4 is 12.6 Å². The predicted octanol–water partition coefficient (Wildman–Crippen LogP) is 2.66. The van der Waals surface area contributed by atoms with Crippen LogP contribution in [0.2, 0.25) is 0 Å². The molecular formula is C16H18BNO2. The maximum Gasteiger partial charge on any atom is 0.494 e. The van der Waals surface area contributed by atoms with Crippen LogP contribution in [-0.4, -0.2) is 23.8 Å². The quantitative estimate of drug-likeness (QED) is 0.784. The Morgan fingerprint density at radius 1 is 1.10 bits per heavy atom. The van der Waals surface area contributed by atoms with E-state index in [0.717, 1.165) is 16.7 Å². The van der Waals surface area contributed by atoms with Crippen LogP contribution in [0.25, 0.3) is 11.3 Å². The van der Waals surface area contributed by atoms with E-state index in [1.54, 1.807) is 6.20 Å². The van der Waals surface area contributed by atoms with Crippen LogP contribution in [-0.2, 0) is 9.31 Å². The van der Waals surface area contributed by atoms with E-state index in [2.05, 4.69) is 31.0 Å². The predicted molar refractivity (Wildman–Crippen MR) is 80.8 cm³/mol. The molecule has 1 unspecified atom stereocenters. The molecule has 0 saturated carbocycles. The molecule has 102 valence electrons. The largest absolute Gasteiger partial charge is 0.494 e. The second-order valence-electron chi connectivity index (χ2n) is 5.67. The molecule has 0 radical (unpaired) electrons. The highest BCUT2D eigenvalue weighted by Gasteiger charge is 2.43. The zero-order valence-electron chi connectivity index (χ0n) is 12.0. The molecule has 1 saturated heterocycles. The van der Waals surface area contributed by atoms with Crippen LogP contribution in [0.4, 0.5) is 0 Å². The number of hydrogen-bond acceptors (Lipinski definition) is 3. The molecular weight excluding hydrogens is 249 g/mol. The fraction of sp³-hybridized carbons (Fsp3) is 0.312. The van der Waals surface area contributed by atoms with Gasteiger partial charge in [-0.15, -0.1) is 0 Å². The summed E-state index contributed by atoms with van der Waals surface area (Å²) in [6.07, 6.45) is 1.89. The molecule has 1 fully saturated rings. The van der Waals surface area contributed by atoms with E-state index in [-0.39, 0.29) is 18.8 Å². The van der Waals surface area contributed by atoms with Gasteiger partial charge in [0.1, 0.15) is 0 Å². The molecule has 2 aromatic rings. The number of hydrogen-bond donors (Lipinski definition) is 0. The summed E-state index contributed by atoms with van der Waals surface area (Å²) >= 11 is 0. The first-order chi connectivity index (χ1) is 9.56. The zero-order valence-corrected chi connectivity index (χ0v) is 12.0. The normalized spacial score (nSPS) is 21.1. The first kappa shape index (κ1) is 13.3. The van der Waals surface area contributed by atoms with Gasteiger partial charge < -0.3 is 9.31 Å². The summed E-state index contributed by atoms with van der Waals surface area (Å²) < 4.78 is 11.8. The van der Waals surface area contributed by atoms with E-state index in [1.807, 2.05) is 37.3 Å². The van der Waals surface area contributed by atoms with Crippen LogP contribution in [0.5, 0.6) is 0 Å². The first-order valence-corrected chi connectivity index (χ1v) is 6.91. The van der Waals surface area contributed by atoms with Crippen molar-refractivity contribution in [3.05, 3.63) is 48.7 Å². The average Bonchev–Trinajstić information content (AvgIpc) is 2.74. The van der Waals surface area contributed by atoms with Crippen LogP contribution < -0.4 is 5.46 Å². The van der Waals surface area contributed by atoms with Crippen molar-refractivity contribution in [1.29, 1.82) is 0 Å². The van der Waals surface area contributed by atoms with Crippen LogP contribution in [0.3, 0.4) is 0 Å². The minimum Gasteiger partial charge on any atom is -0.402 e. The van der Waals surface area contributed by atoms with Crippen molar-refractivity contribution in [3.8, 4) is 11.3 Å². The van der Waals surface area contributed by atoms with E-state index in [4.69, 9.17) is 9.31 Å². The molecule has 4 heteroatoms. The van der Waals surface area contributed by atoms with Gasteiger partial charge in [0.15, 0.2) is 0 Å². The molecule has 0 spiro atoms. The summed E-state index contributed by atoms with van der Waals surface area (Å²) in [6, 6.07) is 14.1. The minimum absolute atomic E-state index is 0.0861. The van der Waals surface area contributed by atoms with Crippen LogP contribution in [0, 0.1) is 0 Å². The monoisotopic (exact) mass is 267 g/mol. The third-order valence-corrected chi connectivity index (χ3v) is 3.86. The van der Waals surface area contributed by atoms with Crippen LogP contribution in [0.15, 0.2) is 48.7 Å².